The summed E-state index contributed by atoms with van der Waals surface area (Å²) < 4.78 is 5.27. The van der Waals surface area contributed by atoms with Crippen molar-refractivity contribution < 1.29 is 19.1 Å². The van der Waals surface area contributed by atoms with E-state index in [2.05, 4.69) is 11.4 Å². The Labute approximate surface area is 184 Å². The van der Waals surface area contributed by atoms with Gasteiger partial charge in [-0.3, -0.25) is 14.4 Å². The van der Waals surface area contributed by atoms with Crippen molar-refractivity contribution in [1.29, 1.82) is 0 Å². The Morgan fingerprint density at radius 3 is 2.68 bits per heavy atom. The maximum Gasteiger partial charge on any atom is 0.255 e. The van der Waals surface area contributed by atoms with Crippen molar-refractivity contribution >= 4 is 40.7 Å². The van der Waals surface area contributed by atoms with Gasteiger partial charge in [-0.15, -0.1) is 0 Å². The van der Waals surface area contributed by atoms with E-state index in [-0.39, 0.29) is 41.4 Å². The second-order valence-electron chi connectivity index (χ2n) is 8.33. The summed E-state index contributed by atoms with van der Waals surface area (Å²) in [4.78, 5) is 40.4. The second kappa shape index (κ2) is 7.24. The number of nitrogens with zero attached hydrogens (tertiary/aromatic N) is 1. The summed E-state index contributed by atoms with van der Waals surface area (Å²) in [6.45, 7) is 2.04. The minimum atomic E-state index is -0.390. The van der Waals surface area contributed by atoms with Crippen LogP contribution >= 0.6 is 11.6 Å². The van der Waals surface area contributed by atoms with E-state index in [4.69, 9.17) is 16.3 Å². The normalized spacial score (nSPS) is 26.2. The molecule has 158 valence electrons. The molecule has 6 nitrogen and oxygen atoms in total. The van der Waals surface area contributed by atoms with E-state index < -0.39 is 0 Å². The summed E-state index contributed by atoms with van der Waals surface area (Å²) in [5, 5.41) is 3.24. The number of nitrogens with one attached hydrogen (secondary N) is 1. The minimum absolute atomic E-state index is 0.137. The smallest absolute Gasteiger partial charge is 0.255 e. The van der Waals surface area contributed by atoms with Gasteiger partial charge in [-0.25, -0.2) is 4.90 Å². The summed E-state index contributed by atoms with van der Waals surface area (Å²) >= 11 is 6.04. The van der Waals surface area contributed by atoms with Crippen LogP contribution in [-0.2, 0) is 9.59 Å². The molecule has 7 heteroatoms. The van der Waals surface area contributed by atoms with Gasteiger partial charge in [0.1, 0.15) is 5.75 Å². The third kappa shape index (κ3) is 3.05. The van der Waals surface area contributed by atoms with Crippen molar-refractivity contribution in [1.82, 2.24) is 0 Å². The highest BCUT2D eigenvalue weighted by atomic mass is 35.5. The molecule has 2 aromatic carbocycles. The van der Waals surface area contributed by atoms with Gasteiger partial charge in [0.25, 0.3) is 5.91 Å². The summed E-state index contributed by atoms with van der Waals surface area (Å²) in [6.07, 6.45) is 3.03. The van der Waals surface area contributed by atoms with Crippen molar-refractivity contribution in [2.45, 2.75) is 13.3 Å². The maximum atomic E-state index is 13.2. The van der Waals surface area contributed by atoms with E-state index >= 15 is 0 Å². The van der Waals surface area contributed by atoms with Gasteiger partial charge in [-0.1, -0.05) is 29.3 Å². The van der Waals surface area contributed by atoms with Crippen molar-refractivity contribution in [2.24, 2.45) is 23.7 Å². The van der Waals surface area contributed by atoms with E-state index in [0.717, 1.165) is 6.42 Å². The lowest BCUT2D eigenvalue weighted by Gasteiger charge is -2.19. The zero-order valence-corrected chi connectivity index (χ0v) is 17.8. The van der Waals surface area contributed by atoms with E-state index in [9.17, 15) is 14.4 Å². The Hall–Kier alpha value is -3.12. The van der Waals surface area contributed by atoms with E-state index in [1.54, 1.807) is 42.5 Å². The topological polar surface area (TPSA) is 75.7 Å². The number of methoxy groups -OCH3 is 1. The van der Waals surface area contributed by atoms with Gasteiger partial charge < -0.3 is 10.1 Å². The fourth-order valence-corrected chi connectivity index (χ4v) is 5.46. The SMILES string of the molecule is COc1ccc(Cl)cc1NC(=O)c1cccc(N2C(=O)[C@@H]3[C@H](C2=O)[C@H]2C=C(C)[C@H]3C2)c1. The van der Waals surface area contributed by atoms with Crippen molar-refractivity contribution in [3.63, 3.8) is 0 Å². The average molecular weight is 437 g/mol. The highest BCUT2D eigenvalue weighted by Crippen LogP contribution is 2.55. The Morgan fingerprint density at radius 2 is 1.90 bits per heavy atom. The zero-order valence-electron chi connectivity index (χ0n) is 17.1. The van der Waals surface area contributed by atoms with Crippen LogP contribution in [0, 0.1) is 23.7 Å². The Bertz CT molecular complexity index is 1160. The predicted molar refractivity (Wildman–Crippen MR) is 117 cm³/mol. The first-order chi connectivity index (χ1) is 14.9. The molecule has 2 aromatic rings. The molecule has 3 amide bonds. The number of hydrogen-bond donors (Lipinski definition) is 1. The van der Waals surface area contributed by atoms with Crippen LogP contribution in [0.2, 0.25) is 5.02 Å². The number of ether oxygens (including phenoxy) is 1. The van der Waals surface area contributed by atoms with Crippen LogP contribution in [-0.4, -0.2) is 24.8 Å². The number of anilines is 2. The first-order valence-electron chi connectivity index (χ1n) is 10.2. The number of hydrogen-bond acceptors (Lipinski definition) is 4. The molecule has 2 bridgehead atoms. The van der Waals surface area contributed by atoms with Crippen LogP contribution in [0.15, 0.2) is 54.1 Å². The van der Waals surface area contributed by atoms with Gasteiger partial charge in [0.05, 0.1) is 30.3 Å². The monoisotopic (exact) mass is 436 g/mol. The number of rotatable bonds is 4. The van der Waals surface area contributed by atoms with Gasteiger partial charge in [0, 0.05) is 10.6 Å². The van der Waals surface area contributed by atoms with Crippen LogP contribution in [0.25, 0.3) is 0 Å². The molecular formula is C24H21ClN2O4. The number of allylic oxidation sites excluding steroid dienone is 2. The van der Waals surface area contributed by atoms with Crippen LogP contribution in [0.5, 0.6) is 5.75 Å². The Balaban J connectivity index is 1.41. The second-order valence-corrected chi connectivity index (χ2v) is 8.77. The number of amides is 3. The van der Waals surface area contributed by atoms with E-state index in [1.807, 2.05) is 6.92 Å². The highest BCUT2D eigenvalue weighted by Gasteiger charge is 2.60. The minimum Gasteiger partial charge on any atom is -0.495 e. The van der Waals surface area contributed by atoms with Crippen molar-refractivity contribution in [2.75, 3.05) is 17.3 Å². The average Bonchev–Trinajstić information content (AvgIpc) is 3.38. The molecule has 5 rings (SSSR count). The van der Waals surface area contributed by atoms with Gasteiger partial charge >= 0.3 is 0 Å². The third-order valence-corrected chi connectivity index (χ3v) is 6.89. The molecule has 3 aliphatic rings. The largest absolute Gasteiger partial charge is 0.495 e. The standard InChI is InChI=1S/C24H21ClN2O4/c1-12-8-14-10-17(12)21-20(14)23(29)27(24(21)30)16-5-3-4-13(9-16)22(28)26-18-11-15(25)6-7-19(18)31-2/h3-9,11,14,17,20-21H,10H2,1-2H3,(H,26,28)/t14-,17+,20+,21-/m0/s1. The molecule has 2 fully saturated rings. The fraction of sp³-hybridized carbons (Fsp3) is 0.292. The van der Waals surface area contributed by atoms with Gasteiger partial charge in [0.2, 0.25) is 11.8 Å². The van der Waals surface area contributed by atoms with Crippen molar-refractivity contribution in [3.8, 4) is 5.75 Å². The molecule has 31 heavy (non-hydrogen) atoms. The lowest BCUT2D eigenvalue weighted by molar-refractivity contribution is -0.123. The number of carbonyl (C=O) groups is 3. The molecule has 1 saturated heterocycles. The molecule has 1 aliphatic heterocycles. The first-order valence-corrected chi connectivity index (χ1v) is 10.6. The summed E-state index contributed by atoms with van der Waals surface area (Å²) in [7, 11) is 1.50. The molecule has 4 atom stereocenters. The maximum absolute atomic E-state index is 13.2. The van der Waals surface area contributed by atoms with E-state index in [1.165, 1.54) is 17.6 Å². The van der Waals surface area contributed by atoms with Crippen LogP contribution in [0.3, 0.4) is 0 Å². The van der Waals surface area contributed by atoms with Gasteiger partial charge in [-0.2, -0.15) is 0 Å². The Morgan fingerprint density at radius 1 is 1.13 bits per heavy atom. The number of benzene rings is 2. The molecule has 1 saturated carbocycles. The van der Waals surface area contributed by atoms with Gasteiger partial charge in [0.15, 0.2) is 0 Å². The molecule has 0 aromatic heterocycles. The molecule has 1 heterocycles. The van der Waals surface area contributed by atoms with Gasteiger partial charge in [-0.05, 0) is 61.6 Å². The van der Waals surface area contributed by atoms with E-state index in [0.29, 0.717) is 27.7 Å². The highest BCUT2D eigenvalue weighted by molar-refractivity contribution is 6.31. The van der Waals surface area contributed by atoms with Crippen LogP contribution in [0.1, 0.15) is 23.7 Å². The van der Waals surface area contributed by atoms with Crippen LogP contribution < -0.4 is 15.0 Å². The molecule has 1 N–H and O–H groups in total. The lowest BCUT2D eigenvalue weighted by Crippen LogP contribution is -2.33. The number of halogens is 1. The zero-order chi connectivity index (χ0) is 21.9. The first kappa shape index (κ1) is 19.8. The molecule has 0 unspecified atom stereocenters. The fourth-order valence-electron chi connectivity index (χ4n) is 5.29. The van der Waals surface area contributed by atoms with Crippen molar-refractivity contribution in [3.05, 3.63) is 64.7 Å². The third-order valence-electron chi connectivity index (χ3n) is 6.66. The number of carbonyl (C=O) groups excluding carboxylic acids is 3. The predicted octanol–water partition coefficient (Wildman–Crippen LogP) is 4.30. The molecule has 2 aliphatic carbocycles. The summed E-state index contributed by atoms with van der Waals surface area (Å²) in [6, 6.07) is 11.5. The molecule has 0 spiro atoms. The molecular weight excluding hydrogens is 416 g/mol. The Kier molecular flexibility index (Phi) is 4.63. The summed E-state index contributed by atoms with van der Waals surface area (Å²) in [5.74, 6) is -0.518. The summed E-state index contributed by atoms with van der Waals surface area (Å²) in [5.41, 5.74) is 2.39. The van der Waals surface area contributed by atoms with Crippen LogP contribution in [0.4, 0.5) is 11.4 Å². The lowest BCUT2D eigenvalue weighted by atomic mass is 9.82. The number of fused-ring (bicyclic) bond motifs is 5. The number of imide groups is 1. The molecule has 0 radical (unpaired) electrons. The quantitative estimate of drug-likeness (QED) is 0.572.